The molecule has 1 saturated heterocycles. The Labute approximate surface area is 108 Å². The molecule has 0 amide bonds. The summed E-state index contributed by atoms with van der Waals surface area (Å²) >= 11 is 6.06. The number of benzene rings is 1. The molecule has 0 bridgehead atoms. The minimum atomic E-state index is 0.216. The van der Waals surface area contributed by atoms with Gasteiger partial charge in [0.25, 0.3) is 0 Å². The Morgan fingerprint density at radius 2 is 2.06 bits per heavy atom. The van der Waals surface area contributed by atoms with Crippen molar-refractivity contribution in [2.45, 2.75) is 25.8 Å². The highest BCUT2D eigenvalue weighted by Crippen LogP contribution is 2.32. The average Bonchev–Trinajstić information content (AvgIpc) is 2.83. The summed E-state index contributed by atoms with van der Waals surface area (Å²) in [5.41, 5.74) is 1.22. The Balaban J connectivity index is 2.25. The zero-order valence-electron chi connectivity index (χ0n) is 10.3. The topological polar surface area (TPSA) is 23.5 Å². The lowest BCUT2D eigenvalue weighted by atomic mass is 9.94. The molecule has 2 unspecified atom stereocenters. The fourth-order valence-electron chi connectivity index (χ4n) is 2.71. The molecular formula is C14H20ClNO. The smallest absolute Gasteiger partial charge is 0.0474 e. The third-order valence-electron chi connectivity index (χ3n) is 3.55. The van der Waals surface area contributed by atoms with E-state index in [0.29, 0.717) is 6.04 Å². The summed E-state index contributed by atoms with van der Waals surface area (Å²) in [5, 5.41) is 10.2. The molecule has 2 atom stereocenters. The Morgan fingerprint density at radius 3 is 2.65 bits per heavy atom. The normalized spacial score (nSPS) is 20.4. The van der Waals surface area contributed by atoms with Crippen LogP contribution in [0.4, 0.5) is 0 Å². The summed E-state index contributed by atoms with van der Waals surface area (Å²) in [6.45, 7) is 4.57. The molecule has 1 fully saturated rings. The minimum Gasteiger partial charge on any atom is -0.396 e. The molecule has 1 heterocycles. The average molecular weight is 254 g/mol. The van der Waals surface area contributed by atoms with E-state index in [9.17, 15) is 5.11 Å². The van der Waals surface area contributed by atoms with Crippen molar-refractivity contribution < 1.29 is 5.11 Å². The van der Waals surface area contributed by atoms with Crippen molar-refractivity contribution in [3.8, 4) is 0 Å². The SMILES string of the molecule is CC(CO)C(c1cccc(Cl)c1)N1CCCC1. The minimum absolute atomic E-state index is 0.216. The first-order valence-corrected chi connectivity index (χ1v) is 6.70. The molecule has 94 valence electrons. The van der Waals surface area contributed by atoms with E-state index in [-0.39, 0.29) is 12.5 Å². The van der Waals surface area contributed by atoms with E-state index in [4.69, 9.17) is 11.6 Å². The van der Waals surface area contributed by atoms with Gasteiger partial charge >= 0.3 is 0 Å². The molecule has 1 N–H and O–H groups in total. The largest absolute Gasteiger partial charge is 0.396 e. The molecule has 2 rings (SSSR count). The zero-order chi connectivity index (χ0) is 12.3. The van der Waals surface area contributed by atoms with E-state index < -0.39 is 0 Å². The van der Waals surface area contributed by atoms with Crippen molar-refractivity contribution in [2.24, 2.45) is 5.92 Å². The second kappa shape index (κ2) is 5.85. The number of hydrogen-bond acceptors (Lipinski definition) is 2. The fourth-order valence-corrected chi connectivity index (χ4v) is 2.91. The van der Waals surface area contributed by atoms with Crippen molar-refractivity contribution >= 4 is 11.6 Å². The molecule has 0 aliphatic carbocycles. The number of halogens is 1. The van der Waals surface area contributed by atoms with Gasteiger partial charge in [0.15, 0.2) is 0 Å². The first kappa shape index (κ1) is 12.9. The number of aliphatic hydroxyl groups is 1. The number of nitrogens with zero attached hydrogens (tertiary/aromatic N) is 1. The number of rotatable bonds is 4. The predicted octanol–water partition coefficient (Wildman–Crippen LogP) is 3.11. The molecule has 0 radical (unpaired) electrons. The molecular weight excluding hydrogens is 234 g/mol. The summed E-state index contributed by atoms with van der Waals surface area (Å²) in [5.74, 6) is 0.242. The van der Waals surface area contributed by atoms with Crippen LogP contribution in [-0.4, -0.2) is 29.7 Å². The van der Waals surface area contributed by atoms with Crippen LogP contribution < -0.4 is 0 Å². The Bertz CT molecular complexity index is 363. The highest BCUT2D eigenvalue weighted by Gasteiger charge is 2.27. The van der Waals surface area contributed by atoms with Crippen molar-refractivity contribution in [1.82, 2.24) is 4.90 Å². The van der Waals surface area contributed by atoms with Gasteiger partial charge in [-0.2, -0.15) is 0 Å². The number of likely N-dealkylation sites (tertiary alicyclic amines) is 1. The van der Waals surface area contributed by atoms with Gasteiger partial charge < -0.3 is 5.11 Å². The number of aliphatic hydroxyl groups excluding tert-OH is 1. The summed E-state index contributed by atoms with van der Waals surface area (Å²) in [7, 11) is 0. The van der Waals surface area contributed by atoms with Crippen LogP contribution in [0, 0.1) is 5.92 Å². The molecule has 1 aliphatic rings. The van der Waals surface area contributed by atoms with Crippen LogP contribution in [0.5, 0.6) is 0 Å². The lowest BCUT2D eigenvalue weighted by Gasteiger charge is -2.32. The molecule has 17 heavy (non-hydrogen) atoms. The Hall–Kier alpha value is -0.570. The van der Waals surface area contributed by atoms with Crippen molar-refractivity contribution in [3.63, 3.8) is 0 Å². The van der Waals surface area contributed by atoms with E-state index in [1.54, 1.807) is 0 Å². The summed E-state index contributed by atoms with van der Waals surface area (Å²) < 4.78 is 0. The molecule has 1 aromatic carbocycles. The molecule has 2 nitrogen and oxygen atoms in total. The first-order chi connectivity index (χ1) is 8.22. The third kappa shape index (κ3) is 3.01. The second-order valence-corrected chi connectivity index (χ2v) is 5.34. The van der Waals surface area contributed by atoms with Gasteiger partial charge in [-0.25, -0.2) is 0 Å². The van der Waals surface area contributed by atoms with Gasteiger partial charge in [0.1, 0.15) is 0 Å². The van der Waals surface area contributed by atoms with Crippen LogP contribution in [0.1, 0.15) is 31.4 Å². The fraction of sp³-hybridized carbons (Fsp3) is 0.571. The predicted molar refractivity (Wildman–Crippen MR) is 71.2 cm³/mol. The summed E-state index contributed by atoms with van der Waals surface area (Å²) in [6.07, 6.45) is 2.52. The van der Waals surface area contributed by atoms with Crippen LogP contribution in [0.25, 0.3) is 0 Å². The maximum Gasteiger partial charge on any atom is 0.0474 e. The van der Waals surface area contributed by atoms with Crippen molar-refractivity contribution in [1.29, 1.82) is 0 Å². The van der Waals surface area contributed by atoms with Crippen LogP contribution >= 0.6 is 11.6 Å². The van der Waals surface area contributed by atoms with Crippen LogP contribution in [0.3, 0.4) is 0 Å². The van der Waals surface area contributed by atoms with E-state index in [1.807, 2.05) is 18.2 Å². The maximum atomic E-state index is 9.44. The molecule has 0 spiro atoms. The summed E-state index contributed by atoms with van der Waals surface area (Å²) in [6, 6.07) is 8.32. The van der Waals surface area contributed by atoms with Crippen LogP contribution in [-0.2, 0) is 0 Å². The molecule has 1 aromatic rings. The Morgan fingerprint density at radius 1 is 1.35 bits per heavy atom. The highest BCUT2D eigenvalue weighted by atomic mass is 35.5. The number of hydrogen-bond donors (Lipinski definition) is 1. The third-order valence-corrected chi connectivity index (χ3v) is 3.79. The second-order valence-electron chi connectivity index (χ2n) is 4.90. The molecule has 0 saturated carbocycles. The molecule has 3 heteroatoms. The molecule has 1 aliphatic heterocycles. The zero-order valence-corrected chi connectivity index (χ0v) is 11.0. The summed E-state index contributed by atoms with van der Waals surface area (Å²) in [4.78, 5) is 2.46. The maximum absolute atomic E-state index is 9.44. The van der Waals surface area contributed by atoms with Gasteiger partial charge in [-0.05, 0) is 49.5 Å². The van der Waals surface area contributed by atoms with Gasteiger partial charge in [0, 0.05) is 17.7 Å². The monoisotopic (exact) mass is 253 g/mol. The highest BCUT2D eigenvalue weighted by molar-refractivity contribution is 6.30. The van der Waals surface area contributed by atoms with E-state index in [0.717, 1.165) is 18.1 Å². The van der Waals surface area contributed by atoms with Gasteiger partial charge in [-0.1, -0.05) is 30.7 Å². The van der Waals surface area contributed by atoms with Crippen molar-refractivity contribution in [3.05, 3.63) is 34.9 Å². The van der Waals surface area contributed by atoms with Gasteiger partial charge in [-0.3, -0.25) is 4.90 Å². The molecule has 0 aromatic heterocycles. The van der Waals surface area contributed by atoms with Crippen LogP contribution in [0.2, 0.25) is 5.02 Å². The standard InChI is InChI=1S/C14H20ClNO/c1-11(10-17)14(16-7-2-3-8-16)12-5-4-6-13(15)9-12/h4-6,9,11,14,17H,2-3,7-8,10H2,1H3. The van der Waals surface area contributed by atoms with Gasteiger partial charge in [0.2, 0.25) is 0 Å². The van der Waals surface area contributed by atoms with Crippen LogP contribution in [0.15, 0.2) is 24.3 Å². The first-order valence-electron chi connectivity index (χ1n) is 6.32. The Kier molecular flexibility index (Phi) is 4.43. The lowest BCUT2D eigenvalue weighted by molar-refractivity contribution is 0.126. The quantitative estimate of drug-likeness (QED) is 0.891. The van der Waals surface area contributed by atoms with Gasteiger partial charge in [0.05, 0.1) is 0 Å². The lowest BCUT2D eigenvalue weighted by Crippen LogP contribution is -2.31. The van der Waals surface area contributed by atoms with Gasteiger partial charge in [-0.15, -0.1) is 0 Å². The van der Waals surface area contributed by atoms with E-state index >= 15 is 0 Å². The van der Waals surface area contributed by atoms with Crippen molar-refractivity contribution in [2.75, 3.05) is 19.7 Å². The van der Waals surface area contributed by atoms with E-state index in [2.05, 4.69) is 17.9 Å². The van der Waals surface area contributed by atoms with E-state index in [1.165, 1.54) is 18.4 Å².